The molecule has 1 aromatic heterocycles. The Hall–Kier alpha value is -6.38. The summed E-state index contributed by atoms with van der Waals surface area (Å²) in [6.45, 7) is 0. The molecule has 226 valence electrons. The van der Waals surface area contributed by atoms with Crippen molar-refractivity contribution in [1.29, 1.82) is 0 Å². The second kappa shape index (κ2) is 11.8. The van der Waals surface area contributed by atoms with Gasteiger partial charge in [0, 0.05) is 33.2 Å². The number of rotatable bonds is 6. The third-order valence-electron chi connectivity index (χ3n) is 9.35. The van der Waals surface area contributed by atoms with Gasteiger partial charge in [0.1, 0.15) is 0 Å². The number of anilines is 3. The lowest BCUT2D eigenvalue weighted by Gasteiger charge is -2.27. The largest absolute Gasteiger partial charge is 0.310 e. The van der Waals surface area contributed by atoms with Crippen molar-refractivity contribution < 1.29 is 0 Å². The number of para-hydroxylation sites is 2. The number of fused-ring (bicyclic) bond motifs is 4. The first-order valence-corrected chi connectivity index (χ1v) is 16.4. The summed E-state index contributed by atoms with van der Waals surface area (Å²) in [6.07, 6.45) is 0. The van der Waals surface area contributed by atoms with E-state index in [1.54, 1.807) is 0 Å². The van der Waals surface area contributed by atoms with Gasteiger partial charge in [-0.1, -0.05) is 133 Å². The molecule has 0 radical (unpaired) electrons. The monoisotopic (exact) mass is 612 g/mol. The van der Waals surface area contributed by atoms with Gasteiger partial charge in [-0.3, -0.25) is 0 Å². The molecule has 9 aromatic rings. The summed E-state index contributed by atoms with van der Waals surface area (Å²) in [7, 11) is 0. The molecule has 48 heavy (non-hydrogen) atoms. The first kappa shape index (κ1) is 27.9. The summed E-state index contributed by atoms with van der Waals surface area (Å²) in [5, 5.41) is 4.90. The summed E-state index contributed by atoms with van der Waals surface area (Å²) in [5.41, 5.74) is 11.8. The lowest BCUT2D eigenvalue weighted by atomic mass is 9.95. The normalized spacial score (nSPS) is 11.3. The minimum absolute atomic E-state index is 1.12. The topological polar surface area (TPSA) is 8.17 Å². The molecular formula is C46H32N2. The minimum Gasteiger partial charge on any atom is -0.310 e. The van der Waals surface area contributed by atoms with E-state index in [1.807, 2.05) is 0 Å². The minimum atomic E-state index is 1.12. The van der Waals surface area contributed by atoms with Gasteiger partial charge >= 0.3 is 0 Å². The Morgan fingerprint density at radius 1 is 0.375 bits per heavy atom. The number of benzene rings is 8. The predicted molar refractivity (Wildman–Crippen MR) is 204 cm³/mol. The molecule has 0 amide bonds. The molecule has 0 unspecified atom stereocenters. The summed E-state index contributed by atoms with van der Waals surface area (Å²) in [6, 6.07) is 69.9. The average Bonchev–Trinajstić information content (AvgIpc) is 3.50. The van der Waals surface area contributed by atoms with Crippen LogP contribution in [0, 0.1) is 0 Å². The van der Waals surface area contributed by atoms with E-state index in [-0.39, 0.29) is 0 Å². The van der Waals surface area contributed by atoms with Crippen molar-refractivity contribution in [3.63, 3.8) is 0 Å². The molecule has 2 heteroatoms. The molecule has 0 aliphatic rings. The molecule has 0 atom stereocenters. The van der Waals surface area contributed by atoms with E-state index in [0.717, 1.165) is 22.7 Å². The number of nitrogens with zero attached hydrogens (tertiary/aromatic N) is 2. The van der Waals surface area contributed by atoms with Crippen LogP contribution in [0.5, 0.6) is 0 Å². The highest BCUT2D eigenvalue weighted by molar-refractivity contribution is 6.17. The molecule has 0 spiro atoms. The van der Waals surface area contributed by atoms with Crippen LogP contribution in [0.25, 0.3) is 60.5 Å². The highest BCUT2D eigenvalue weighted by atomic mass is 15.1. The molecule has 0 fully saturated rings. The lowest BCUT2D eigenvalue weighted by Crippen LogP contribution is -2.10. The van der Waals surface area contributed by atoms with Crippen LogP contribution >= 0.6 is 0 Å². The zero-order chi connectivity index (χ0) is 31.9. The van der Waals surface area contributed by atoms with Gasteiger partial charge in [-0.25, -0.2) is 0 Å². The van der Waals surface area contributed by atoms with Crippen molar-refractivity contribution in [3.8, 4) is 27.9 Å². The van der Waals surface area contributed by atoms with Crippen LogP contribution in [-0.2, 0) is 0 Å². The Morgan fingerprint density at radius 3 is 1.85 bits per heavy atom. The number of aromatic nitrogens is 1. The SMILES string of the molecule is c1ccc(-c2cccc(-c3cccc4c3c3cc(N(c5ccccc5)c5cccc6ccccc56)ccc3n4-c3ccccc3)c2)cc1. The van der Waals surface area contributed by atoms with E-state index in [0.29, 0.717) is 0 Å². The zero-order valence-corrected chi connectivity index (χ0v) is 26.4. The summed E-state index contributed by atoms with van der Waals surface area (Å²) in [5.74, 6) is 0. The molecule has 0 saturated carbocycles. The van der Waals surface area contributed by atoms with Crippen LogP contribution in [-0.4, -0.2) is 4.57 Å². The van der Waals surface area contributed by atoms with Crippen molar-refractivity contribution in [1.82, 2.24) is 4.57 Å². The third kappa shape index (κ3) is 4.74. The van der Waals surface area contributed by atoms with Crippen molar-refractivity contribution in [2.75, 3.05) is 4.90 Å². The van der Waals surface area contributed by atoms with Crippen LogP contribution in [0.15, 0.2) is 194 Å². The van der Waals surface area contributed by atoms with Crippen LogP contribution in [0.1, 0.15) is 0 Å². The Labute approximate surface area is 280 Å². The highest BCUT2D eigenvalue weighted by Gasteiger charge is 2.20. The van der Waals surface area contributed by atoms with E-state index in [2.05, 4.69) is 204 Å². The van der Waals surface area contributed by atoms with Crippen LogP contribution in [0.4, 0.5) is 17.1 Å². The van der Waals surface area contributed by atoms with Gasteiger partial charge in [-0.05, 0) is 88.3 Å². The molecule has 8 aromatic carbocycles. The van der Waals surface area contributed by atoms with E-state index in [1.165, 1.54) is 54.8 Å². The van der Waals surface area contributed by atoms with Crippen molar-refractivity contribution in [3.05, 3.63) is 194 Å². The molecule has 0 N–H and O–H groups in total. The maximum Gasteiger partial charge on any atom is 0.0547 e. The Kier molecular flexibility index (Phi) is 6.84. The standard InChI is InChI=1S/C46H32N2/c1-4-15-33(16-5-1)35-19-12-20-36(31-35)41-26-14-28-45-46(41)42-32-39(29-30-44(42)48(45)38-23-8-3-9-24-38)47(37-21-6-2-7-22-37)43-27-13-18-34-17-10-11-25-40(34)43/h1-32H. The van der Waals surface area contributed by atoms with Gasteiger partial charge in [0.05, 0.1) is 16.7 Å². The molecule has 1 heterocycles. The summed E-state index contributed by atoms with van der Waals surface area (Å²) in [4.78, 5) is 2.39. The fourth-order valence-electron chi connectivity index (χ4n) is 7.20. The van der Waals surface area contributed by atoms with E-state index < -0.39 is 0 Å². The highest BCUT2D eigenvalue weighted by Crippen LogP contribution is 2.44. The molecule has 0 aliphatic carbocycles. The lowest BCUT2D eigenvalue weighted by molar-refractivity contribution is 1.18. The molecule has 2 nitrogen and oxygen atoms in total. The molecule has 0 bridgehead atoms. The molecular weight excluding hydrogens is 581 g/mol. The second-order valence-corrected chi connectivity index (χ2v) is 12.2. The van der Waals surface area contributed by atoms with Crippen LogP contribution in [0.2, 0.25) is 0 Å². The smallest absolute Gasteiger partial charge is 0.0547 e. The van der Waals surface area contributed by atoms with Crippen molar-refractivity contribution in [2.45, 2.75) is 0 Å². The predicted octanol–water partition coefficient (Wildman–Crippen LogP) is 12.7. The van der Waals surface area contributed by atoms with Gasteiger partial charge in [-0.15, -0.1) is 0 Å². The van der Waals surface area contributed by atoms with Gasteiger partial charge in [0.25, 0.3) is 0 Å². The van der Waals surface area contributed by atoms with E-state index >= 15 is 0 Å². The van der Waals surface area contributed by atoms with Crippen LogP contribution < -0.4 is 4.90 Å². The Morgan fingerprint density at radius 2 is 1.02 bits per heavy atom. The third-order valence-corrected chi connectivity index (χ3v) is 9.35. The molecule has 9 rings (SSSR count). The summed E-state index contributed by atoms with van der Waals surface area (Å²) < 4.78 is 2.41. The number of hydrogen-bond acceptors (Lipinski definition) is 1. The second-order valence-electron chi connectivity index (χ2n) is 12.2. The fourth-order valence-corrected chi connectivity index (χ4v) is 7.20. The Bertz CT molecular complexity index is 2540. The van der Waals surface area contributed by atoms with Crippen LogP contribution in [0.3, 0.4) is 0 Å². The maximum atomic E-state index is 2.41. The van der Waals surface area contributed by atoms with Gasteiger partial charge in [0.2, 0.25) is 0 Å². The zero-order valence-electron chi connectivity index (χ0n) is 26.4. The van der Waals surface area contributed by atoms with E-state index in [9.17, 15) is 0 Å². The van der Waals surface area contributed by atoms with Crippen molar-refractivity contribution >= 4 is 49.6 Å². The van der Waals surface area contributed by atoms with E-state index in [4.69, 9.17) is 0 Å². The quantitative estimate of drug-likeness (QED) is 0.181. The van der Waals surface area contributed by atoms with Crippen molar-refractivity contribution in [2.24, 2.45) is 0 Å². The van der Waals surface area contributed by atoms with Gasteiger partial charge in [0.15, 0.2) is 0 Å². The first-order chi connectivity index (χ1) is 23.8. The summed E-state index contributed by atoms with van der Waals surface area (Å²) >= 11 is 0. The van der Waals surface area contributed by atoms with Gasteiger partial charge in [-0.2, -0.15) is 0 Å². The van der Waals surface area contributed by atoms with Gasteiger partial charge < -0.3 is 9.47 Å². The Balaban J connectivity index is 1.34. The first-order valence-electron chi connectivity index (χ1n) is 16.4. The fraction of sp³-hybridized carbons (Fsp3) is 0. The number of hydrogen-bond donors (Lipinski definition) is 0. The average molecular weight is 613 g/mol. The maximum absolute atomic E-state index is 2.41. The molecule has 0 saturated heterocycles. The molecule has 0 aliphatic heterocycles.